The highest BCUT2D eigenvalue weighted by atomic mass is 16.5. The van der Waals surface area contributed by atoms with Crippen molar-refractivity contribution in [3.8, 4) is 0 Å². The summed E-state index contributed by atoms with van der Waals surface area (Å²) < 4.78 is 12.2. The van der Waals surface area contributed by atoms with Gasteiger partial charge in [-0.3, -0.25) is 9.78 Å². The molecule has 5 heteroatoms. The number of carbonyl (C=O) groups is 1. The van der Waals surface area contributed by atoms with Gasteiger partial charge in [-0.15, -0.1) is 0 Å². The largest absolute Gasteiger partial charge is 0.374 e. The van der Waals surface area contributed by atoms with Crippen molar-refractivity contribution in [1.29, 1.82) is 0 Å². The van der Waals surface area contributed by atoms with E-state index in [-0.39, 0.29) is 30.1 Å². The second kappa shape index (κ2) is 7.03. The van der Waals surface area contributed by atoms with Crippen LogP contribution in [0.1, 0.15) is 31.2 Å². The lowest BCUT2D eigenvalue weighted by Crippen LogP contribution is -2.48. The van der Waals surface area contributed by atoms with Crippen LogP contribution in [-0.4, -0.2) is 47.2 Å². The predicted molar refractivity (Wildman–Crippen MR) is 89.2 cm³/mol. The summed E-state index contributed by atoms with van der Waals surface area (Å²) in [5, 5.41) is 0. The summed E-state index contributed by atoms with van der Waals surface area (Å²) in [6.07, 6.45) is 11.6. The van der Waals surface area contributed by atoms with Crippen molar-refractivity contribution >= 4 is 5.91 Å². The van der Waals surface area contributed by atoms with Gasteiger partial charge in [0.15, 0.2) is 0 Å². The van der Waals surface area contributed by atoms with Gasteiger partial charge in [-0.05, 0) is 37.3 Å². The van der Waals surface area contributed by atoms with E-state index in [1.165, 1.54) is 0 Å². The van der Waals surface area contributed by atoms with Crippen LogP contribution in [0.3, 0.4) is 0 Å². The van der Waals surface area contributed by atoms with Gasteiger partial charge in [0.1, 0.15) is 6.10 Å². The van der Waals surface area contributed by atoms with Crippen molar-refractivity contribution in [3.05, 3.63) is 42.2 Å². The molecule has 1 aromatic rings. The number of nitrogens with zero attached hydrogens (tertiary/aromatic N) is 2. The summed E-state index contributed by atoms with van der Waals surface area (Å²) in [5.74, 6) is 0.382. The van der Waals surface area contributed by atoms with Gasteiger partial charge >= 0.3 is 0 Å². The number of allylic oxidation sites excluding steroid dienone is 2. The van der Waals surface area contributed by atoms with Crippen LogP contribution in [0, 0.1) is 5.92 Å². The smallest absolute Gasteiger partial charge is 0.226 e. The third-order valence-electron chi connectivity index (χ3n) is 5.36. The van der Waals surface area contributed by atoms with Crippen molar-refractivity contribution in [2.45, 2.75) is 50.5 Å². The Bertz CT molecular complexity index is 596. The number of pyridine rings is 1. The van der Waals surface area contributed by atoms with Crippen LogP contribution in [-0.2, 0) is 20.9 Å². The molecule has 1 aromatic heterocycles. The maximum absolute atomic E-state index is 12.9. The molecule has 128 valence electrons. The molecule has 3 atom stereocenters. The molecule has 3 aliphatic rings. The molecule has 2 bridgehead atoms. The van der Waals surface area contributed by atoms with Crippen LogP contribution >= 0.6 is 0 Å². The molecular formula is C19H24N2O3. The first-order chi connectivity index (χ1) is 11.8. The van der Waals surface area contributed by atoms with E-state index in [2.05, 4.69) is 17.1 Å². The summed E-state index contributed by atoms with van der Waals surface area (Å²) in [6, 6.07) is 4.07. The molecule has 0 radical (unpaired) electrons. The molecule has 4 rings (SSSR count). The summed E-state index contributed by atoms with van der Waals surface area (Å²) in [5.41, 5.74) is 1.05. The van der Waals surface area contributed by atoms with E-state index in [1.54, 1.807) is 6.20 Å². The van der Waals surface area contributed by atoms with E-state index in [4.69, 9.17) is 9.47 Å². The standard InChI is InChI=1S/C19H24N2O3/c22-19(15-5-1-2-6-15)21-10-11-23-17-8-7-16(21)18(17)24-13-14-4-3-9-20-12-14/h1-4,9,12,15-18H,5-8,10-11,13H2. The number of carbonyl (C=O) groups excluding carboxylic acids is 1. The Kier molecular flexibility index (Phi) is 4.63. The Morgan fingerprint density at radius 3 is 3.00 bits per heavy atom. The molecule has 2 aliphatic carbocycles. The average Bonchev–Trinajstić information content (AvgIpc) is 3.22. The molecule has 24 heavy (non-hydrogen) atoms. The minimum atomic E-state index is -0.0361. The maximum atomic E-state index is 12.9. The number of aromatic nitrogens is 1. The van der Waals surface area contributed by atoms with E-state index < -0.39 is 0 Å². The summed E-state index contributed by atoms with van der Waals surface area (Å²) in [6.45, 7) is 1.81. The molecule has 1 amide bonds. The summed E-state index contributed by atoms with van der Waals surface area (Å²) in [4.78, 5) is 19.1. The lowest BCUT2D eigenvalue weighted by molar-refractivity contribution is -0.140. The molecular weight excluding hydrogens is 304 g/mol. The second-order valence-corrected chi connectivity index (χ2v) is 6.86. The highest BCUT2D eigenvalue weighted by molar-refractivity contribution is 5.80. The fourth-order valence-electron chi connectivity index (χ4n) is 4.11. The number of ether oxygens (including phenoxy) is 2. The molecule has 1 saturated carbocycles. The Morgan fingerprint density at radius 1 is 1.33 bits per heavy atom. The van der Waals surface area contributed by atoms with Crippen LogP contribution in [0.5, 0.6) is 0 Å². The van der Waals surface area contributed by atoms with Gasteiger partial charge in [0.05, 0.1) is 25.4 Å². The normalized spacial score (nSPS) is 29.8. The number of amides is 1. The Morgan fingerprint density at radius 2 is 2.21 bits per heavy atom. The Hall–Kier alpha value is -1.72. The first-order valence-electron chi connectivity index (χ1n) is 8.90. The fourth-order valence-corrected chi connectivity index (χ4v) is 4.11. The molecule has 3 unspecified atom stereocenters. The number of fused-ring (bicyclic) bond motifs is 2. The highest BCUT2D eigenvalue weighted by Crippen LogP contribution is 2.34. The van der Waals surface area contributed by atoms with Crippen molar-refractivity contribution in [3.63, 3.8) is 0 Å². The van der Waals surface area contributed by atoms with E-state index in [9.17, 15) is 4.79 Å². The quantitative estimate of drug-likeness (QED) is 0.796. The van der Waals surface area contributed by atoms with Gasteiger partial charge in [-0.2, -0.15) is 0 Å². The monoisotopic (exact) mass is 328 g/mol. The number of rotatable bonds is 4. The highest BCUT2D eigenvalue weighted by Gasteiger charge is 2.45. The molecule has 2 heterocycles. The Labute approximate surface area is 142 Å². The van der Waals surface area contributed by atoms with Gasteiger partial charge in [0.2, 0.25) is 5.91 Å². The van der Waals surface area contributed by atoms with Gasteiger partial charge in [-0.1, -0.05) is 18.2 Å². The zero-order valence-electron chi connectivity index (χ0n) is 13.8. The lowest BCUT2D eigenvalue weighted by atomic mass is 10.0. The van der Waals surface area contributed by atoms with E-state index >= 15 is 0 Å². The number of hydrogen-bond acceptors (Lipinski definition) is 4. The average molecular weight is 328 g/mol. The van der Waals surface area contributed by atoms with Crippen molar-refractivity contribution in [1.82, 2.24) is 9.88 Å². The first-order valence-corrected chi connectivity index (χ1v) is 8.90. The third-order valence-corrected chi connectivity index (χ3v) is 5.36. The van der Waals surface area contributed by atoms with Crippen LogP contribution < -0.4 is 0 Å². The minimum absolute atomic E-state index is 0.0361. The van der Waals surface area contributed by atoms with Crippen LogP contribution in [0.4, 0.5) is 0 Å². The van der Waals surface area contributed by atoms with Gasteiger partial charge in [-0.25, -0.2) is 0 Å². The summed E-state index contributed by atoms with van der Waals surface area (Å²) in [7, 11) is 0. The topological polar surface area (TPSA) is 51.7 Å². The van der Waals surface area contributed by atoms with Crippen molar-refractivity contribution < 1.29 is 14.3 Å². The third kappa shape index (κ3) is 3.10. The van der Waals surface area contributed by atoms with Crippen molar-refractivity contribution in [2.75, 3.05) is 13.2 Å². The lowest BCUT2D eigenvalue weighted by Gasteiger charge is -2.33. The molecule has 2 fully saturated rings. The second-order valence-electron chi connectivity index (χ2n) is 6.86. The van der Waals surface area contributed by atoms with E-state index in [0.717, 1.165) is 31.2 Å². The van der Waals surface area contributed by atoms with Gasteiger partial charge < -0.3 is 14.4 Å². The zero-order valence-corrected chi connectivity index (χ0v) is 13.8. The van der Waals surface area contributed by atoms with Gasteiger partial charge in [0, 0.05) is 24.9 Å². The molecule has 5 nitrogen and oxygen atoms in total. The minimum Gasteiger partial charge on any atom is -0.374 e. The van der Waals surface area contributed by atoms with E-state index in [1.807, 2.05) is 23.2 Å². The predicted octanol–water partition coefficient (Wildman–Crippen LogP) is 2.32. The summed E-state index contributed by atoms with van der Waals surface area (Å²) >= 11 is 0. The van der Waals surface area contributed by atoms with E-state index in [0.29, 0.717) is 19.8 Å². The van der Waals surface area contributed by atoms with Crippen LogP contribution in [0.15, 0.2) is 36.7 Å². The first kappa shape index (κ1) is 15.8. The number of hydrogen-bond donors (Lipinski definition) is 0. The SMILES string of the molecule is O=C(C1CC=CC1)N1CCOC2CCC1C2OCc1cccnc1. The van der Waals surface area contributed by atoms with Crippen LogP contribution in [0.25, 0.3) is 0 Å². The molecule has 0 N–H and O–H groups in total. The molecule has 0 aromatic carbocycles. The molecule has 0 spiro atoms. The fraction of sp³-hybridized carbons (Fsp3) is 0.579. The maximum Gasteiger partial charge on any atom is 0.226 e. The zero-order chi connectivity index (χ0) is 16.4. The van der Waals surface area contributed by atoms with Gasteiger partial charge in [0.25, 0.3) is 0 Å². The van der Waals surface area contributed by atoms with Crippen molar-refractivity contribution in [2.24, 2.45) is 5.92 Å². The molecule has 1 aliphatic heterocycles. The van der Waals surface area contributed by atoms with Crippen LogP contribution in [0.2, 0.25) is 0 Å². The Balaban J connectivity index is 1.46. The molecule has 1 saturated heterocycles.